The lowest BCUT2D eigenvalue weighted by atomic mass is 9.88. The molecule has 216 valence electrons. The fraction of sp³-hybridized carbons (Fsp3) is 0.571. The number of benzene rings is 1. The van der Waals surface area contributed by atoms with E-state index in [9.17, 15) is 12.8 Å². The molecule has 0 radical (unpaired) electrons. The van der Waals surface area contributed by atoms with Crippen LogP contribution in [0.1, 0.15) is 45.6 Å². The number of fused-ring (bicyclic) bond motifs is 1. The van der Waals surface area contributed by atoms with Gasteiger partial charge >= 0.3 is 0 Å². The van der Waals surface area contributed by atoms with E-state index in [0.717, 1.165) is 16.5 Å². The zero-order chi connectivity index (χ0) is 28.6. The maximum atomic E-state index is 14.4. The molecular formula is C28H38FN7O3S. The summed E-state index contributed by atoms with van der Waals surface area (Å²) in [6.45, 7) is 9.54. The average Bonchev–Trinajstić information content (AvgIpc) is 2.94. The maximum Gasteiger partial charge on any atom is 0.247 e. The Balaban J connectivity index is 1.39. The van der Waals surface area contributed by atoms with Gasteiger partial charge in [0.2, 0.25) is 5.95 Å². The summed E-state index contributed by atoms with van der Waals surface area (Å²) < 4.78 is 44.0. The molecule has 0 bridgehead atoms. The number of nitrogens with zero attached hydrogens (tertiary/aromatic N) is 6. The highest BCUT2D eigenvalue weighted by atomic mass is 32.2. The molecule has 2 aromatic heterocycles. The zero-order valence-corrected chi connectivity index (χ0v) is 24.5. The number of ether oxygens (including phenoxy) is 1. The van der Waals surface area contributed by atoms with Gasteiger partial charge in [-0.25, -0.2) is 17.8 Å². The molecule has 3 aromatic rings. The molecule has 12 heteroatoms. The van der Waals surface area contributed by atoms with Gasteiger partial charge < -0.3 is 19.9 Å². The highest BCUT2D eigenvalue weighted by Crippen LogP contribution is 2.39. The topological polar surface area (TPSA) is 113 Å². The Labute approximate surface area is 235 Å². The Hall–Kier alpha value is -3.12. The van der Waals surface area contributed by atoms with Crippen molar-refractivity contribution in [3.8, 4) is 0 Å². The monoisotopic (exact) mass is 571 g/mol. The second-order valence-corrected chi connectivity index (χ2v) is 13.5. The van der Waals surface area contributed by atoms with Crippen LogP contribution < -0.4 is 15.1 Å². The standard InChI is InChI=1S/C28H38FN7O3S/c1-6-40(37,38)16-19-14-36(18(19)4)24-8-7-20(17(2)3)21-11-26(30-12-22(21)24)32-27-13-31-34-28(33-27)35-10-9-25(39-5)23(29)15-35/h7-8,11-13,17-19,23,25H,6,9-10,14-16H2,1-5H3,(H,30,32,33,34)/t18-,19-,23-,25?/m1/s1. The summed E-state index contributed by atoms with van der Waals surface area (Å²) in [5, 5.41) is 13.5. The van der Waals surface area contributed by atoms with E-state index in [1.54, 1.807) is 11.8 Å². The largest absolute Gasteiger partial charge is 0.378 e. The van der Waals surface area contributed by atoms with Gasteiger partial charge in [0.25, 0.3) is 0 Å². The highest BCUT2D eigenvalue weighted by Gasteiger charge is 2.38. The van der Waals surface area contributed by atoms with Gasteiger partial charge in [-0.1, -0.05) is 26.8 Å². The number of methoxy groups -OCH3 is 1. The van der Waals surface area contributed by atoms with Crippen LogP contribution in [0.3, 0.4) is 0 Å². The van der Waals surface area contributed by atoms with Gasteiger partial charge in [-0.05, 0) is 42.3 Å². The van der Waals surface area contributed by atoms with Gasteiger partial charge in [0.05, 0.1) is 24.6 Å². The number of anilines is 4. The van der Waals surface area contributed by atoms with Crippen molar-refractivity contribution in [3.05, 3.63) is 36.2 Å². The molecule has 40 heavy (non-hydrogen) atoms. The SMILES string of the molecule is CCS(=O)(=O)C[C@H]1CN(c2ccc(C(C)C)c3cc(Nc4cnnc(N5CCC(OC)[C@H](F)C5)n4)ncc23)[C@@H]1C. The van der Waals surface area contributed by atoms with Gasteiger partial charge in [0.1, 0.15) is 21.8 Å². The zero-order valence-electron chi connectivity index (χ0n) is 23.7. The summed E-state index contributed by atoms with van der Waals surface area (Å²) in [6.07, 6.45) is 2.40. The first-order valence-electron chi connectivity index (χ1n) is 13.9. The van der Waals surface area contributed by atoms with Crippen molar-refractivity contribution in [2.45, 2.75) is 58.4 Å². The van der Waals surface area contributed by atoms with E-state index in [1.807, 2.05) is 12.3 Å². The van der Waals surface area contributed by atoms with Gasteiger partial charge in [0, 0.05) is 55.2 Å². The van der Waals surface area contributed by atoms with Crippen LogP contribution >= 0.6 is 0 Å². The molecule has 2 aliphatic heterocycles. The Morgan fingerprint density at radius 1 is 1.18 bits per heavy atom. The predicted octanol–water partition coefficient (Wildman–Crippen LogP) is 4.11. The van der Waals surface area contributed by atoms with E-state index in [4.69, 9.17) is 4.74 Å². The minimum atomic E-state index is -3.02. The van der Waals surface area contributed by atoms with Crippen LogP contribution in [0.25, 0.3) is 10.8 Å². The second kappa shape index (κ2) is 11.4. The molecule has 2 fully saturated rings. The lowest BCUT2D eigenvalue weighted by molar-refractivity contribution is 0.0194. The molecule has 0 spiro atoms. The third kappa shape index (κ3) is 5.69. The van der Waals surface area contributed by atoms with Gasteiger partial charge in [-0.2, -0.15) is 10.1 Å². The van der Waals surface area contributed by atoms with Crippen LogP contribution in [0, 0.1) is 5.92 Å². The minimum Gasteiger partial charge on any atom is -0.378 e. The summed E-state index contributed by atoms with van der Waals surface area (Å²) in [5.74, 6) is 2.25. The summed E-state index contributed by atoms with van der Waals surface area (Å²) in [6, 6.07) is 6.41. The number of piperidine rings is 1. The van der Waals surface area contributed by atoms with Crippen molar-refractivity contribution in [3.63, 3.8) is 0 Å². The van der Waals surface area contributed by atoms with Gasteiger partial charge in [-0.15, -0.1) is 5.10 Å². The Kier molecular flexibility index (Phi) is 8.10. The molecule has 5 rings (SSSR count). The number of pyridine rings is 1. The first-order valence-corrected chi connectivity index (χ1v) is 15.7. The van der Waals surface area contributed by atoms with Crippen LogP contribution in [0.4, 0.5) is 27.7 Å². The maximum absolute atomic E-state index is 14.4. The fourth-order valence-electron chi connectivity index (χ4n) is 5.66. The lowest BCUT2D eigenvalue weighted by Gasteiger charge is -2.48. The first-order chi connectivity index (χ1) is 19.1. The number of sulfone groups is 1. The number of nitrogens with one attached hydrogen (secondary N) is 1. The third-order valence-corrected chi connectivity index (χ3v) is 10.0. The second-order valence-electron chi connectivity index (χ2n) is 11.1. The fourth-order valence-corrected chi connectivity index (χ4v) is 6.93. The van der Waals surface area contributed by atoms with Crippen molar-refractivity contribution in [2.75, 3.05) is 53.4 Å². The van der Waals surface area contributed by atoms with E-state index >= 15 is 0 Å². The van der Waals surface area contributed by atoms with E-state index in [1.165, 1.54) is 18.9 Å². The molecular weight excluding hydrogens is 533 g/mol. The van der Waals surface area contributed by atoms with Crippen molar-refractivity contribution >= 4 is 43.9 Å². The van der Waals surface area contributed by atoms with Crippen LogP contribution in [0.15, 0.2) is 30.6 Å². The highest BCUT2D eigenvalue weighted by molar-refractivity contribution is 7.91. The quantitative estimate of drug-likeness (QED) is 0.403. The summed E-state index contributed by atoms with van der Waals surface area (Å²) in [4.78, 5) is 13.3. The molecule has 4 heterocycles. The first kappa shape index (κ1) is 28.4. The number of halogens is 1. The summed E-state index contributed by atoms with van der Waals surface area (Å²) in [7, 11) is -1.49. The van der Waals surface area contributed by atoms with Crippen LogP contribution in [0.2, 0.25) is 0 Å². The van der Waals surface area contributed by atoms with Crippen molar-refractivity contribution in [1.29, 1.82) is 0 Å². The Morgan fingerprint density at radius 2 is 1.98 bits per heavy atom. The third-order valence-electron chi connectivity index (χ3n) is 8.23. The predicted molar refractivity (Wildman–Crippen MR) is 156 cm³/mol. The number of alkyl halides is 1. The summed E-state index contributed by atoms with van der Waals surface area (Å²) in [5.41, 5.74) is 2.25. The van der Waals surface area contributed by atoms with Crippen molar-refractivity contribution < 1.29 is 17.5 Å². The average molecular weight is 572 g/mol. The Bertz CT molecular complexity index is 1470. The molecule has 0 aliphatic carbocycles. The smallest absolute Gasteiger partial charge is 0.247 e. The molecule has 2 saturated heterocycles. The molecule has 4 atom stereocenters. The molecule has 10 nitrogen and oxygen atoms in total. The van der Waals surface area contributed by atoms with Crippen LogP contribution in [0.5, 0.6) is 0 Å². The van der Waals surface area contributed by atoms with E-state index in [0.29, 0.717) is 43.0 Å². The minimum absolute atomic E-state index is 0.117. The van der Waals surface area contributed by atoms with E-state index < -0.39 is 22.1 Å². The van der Waals surface area contributed by atoms with Gasteiger partial charge in [-0.3, -0.25) is 0 Å². The van der Waals surface area contributed by atoms with Crippen molar-refractivity contribution in [2.24, 2.45) is 5.92 Å². The van der Waals surface area contributed by atoms with E-state index in [2.05, 4.69) is 63.3 Å². The molecule has 1 unspecified atom stereocenters. The van der Waals surface area contributed by atoms with E-state index in [-0.39, 0.29) is 30.0 Å². The van der Waals surface area contributed by atoms with Gasteiger partial charge in [0.15, 0.2) is 5.82 Å². The van der Waals surface area contributed by atoms with Crippen molar-refractivity contribution in [1.82, 2.24) is 20.2 Å². The molecule has 1 aromatic carbocycles. The molecule has 0 amide bonds. The van der Waals surface area contributed by atoms with Crippen LogP contribution in [-0.4, -0.2) is 85.2 Å². The Morgan fingerprint density at radius 3 is 2.65 bits per heavy atom. The summed E-state index contributed by atoms with van der Waals surface area (Å²) >= 11 is 0. The molecule has 0 saturated carbocycles. The van der Waals surface area contributed by atoms with Crippen LogP contribution in [-0.2, 0) is 14.6 Å². The number of hydrogen-bond acceptors (Lipinski definition) is 10. The lowest BCUT2D eigenvalue weighted by Crippen LogP contribution is -2.57. The molecule has 1 N–H and O–H groups in total. The molecule has 2 aliphatic rings. The normalized spacial score (nSPS) is 23.5. The number of rotatable bonds is 9. The number of hydrogen-bond donors (Lipinski definition) is 1. The number of aromatic nitrogens is 4.